The van der Waals surface area contributed by atoms with Gasteiger partial charge in [-0.25, -0.2) is 0 Å². The Balaban J connectivity index is 1.82. The van der Waals surface area contributed by atoms with Crippen molar-refractivity contribution < 1.29 is 19.2 Å². The highest BCUT2D eigenvalue weighted by atomic mass is 16.6. The summed E-state index contributed by atoms with van der Waals surface area (Å²) < 4.78 is 11.0. The van der Waals surface area contributed by atoms with E-state index in [-0.39, 0.29) is 23.1 Å². The topological polar surface area (TPSA) is 81.9 Å². The van der Waals surface area contributed by atoms with E-state index >= 15 is 0 Å². The van der Waals surface area contributed by atoms with Crippen LogP contribution >= 0.6 is 0 Å². The van der Waals surface area contributed by atoms with E-state index in [0.29, 0.717) is 36.9 Å². The van der Waals surface area contributed by atoms with Gasteiger partial charge >= 0.3 is 0 Å². The molecule has 0 aromatic heterocycles. The first-order chi connectivity index (χ1) is 11.6. The maximum Gasteiger partial charge on any atom is 0.270 e. The minimum Gasteiger partial charge on any atom is -0.454 e. The van der Waals surface area contributed by atoms with Gasteiger partial charge < -0.3 is 14.4 Å². The van der Waals surface area contributed by atoms with Crippen LogP contribution in [0.4, 0.5) is 11.4 Å². The van der Waals surface area contributed by atoms with E-state index in [1.54, 1.807) is 11.0 Å². The number of non-ortho nitro benzene ring substituents is 1. The lowest BCUT2D eigenvalue weighted by Crippen LogP contribution is -2.42. The molecule has 1 fully saturated rings. The number of anilines is 1. The molecule has 2 aliphatic rings. The zero-order valence-corrected chi connectivity index (χ0v) is 12.7. The molecule has 7 heteroatoms. The summed E-state index contributed by atoms with van der Waals surface area (Å²) in [6.45, 7) is 1.70. The fourth-order valence-corrected chi connectivity index (χ4v) is 2.86. The average Bonchev–Trinajstić information content (AvgIpc) is 2.65. The Labute approximate surface area is 137 Å². The highest BCUT2D eigenvalue weighted by Crippen LogP contribution is 2.40. The van der Waals surface area contributed by atoms with Crippen LogP contribution < -0.4 is 9.64 Å². The third-order valence-corrected chi connectivity index (χ3v) is 4.17. The van der Waals surface area contributed by atoms with Gasteiger partial charge in [0.25, 0.3) is 11.6 Å². The zero-order valence-electron chi connectivity index (χ0n) is 12.7. The van der Waals surface area contributed by atoms with Crippen LogP contribution in [0.2, 0.25) is 0 Å². The summed E-state index contributed by atoms with van der Waals surface area (Å²) in [5, 5.41) is 11.0. The van der Waals surface area contributed by atoms with Crippen molar-refractivity contribution >= 4 is 17.3 Å². The zero-order chi connectivity index (χ0) is 16.7. The van der Waals surface area contributed by atoms with Gasteiger partial charge in [0.05, 0.1) is 29.4 Å². The van der Waals surface area contributed by atoms with Crippen molar-refractivity contribution in [1.29, 1.82) is 0 Å². The normalized spacial score (nSPS) is 16.5. The first-order valence-electron chi connectivity index (χ1n) is 7.58. The van der Waals surface area contributed by atoms with Crippen LogP contribution in [0, 0.1) is 16.0 Å². The predicted octanol–water partition coefficient (Wildman–Crippen LogP) is 2.99. The molecule has 0 unspecified atom stereocenters. The molecule has 2 aromatic carbocycles. The number of amides is 1. The monoisotopic (exact) mass is 326 g/mol. The second-order valence-electron chi connectivity index (χ2n) is 5.83. The molecule has 2 aromatic rings. The molecule has 1 saturated heterocycles. The van der Waals surface area contributed by atoms with E-state index in [1.165, 1.54) is 18.2 Å². The molecule has 0 N–H and O–H groups in total. The van der Waals surface area contributed by atoms with Gasteiger partial charge in [0.2, 0.25) is 0 Å². The molecule has 2 aliphatic heterocycles. The van der Waals surface area contributed by atoms with Crippen LogP contribution in [0.1, 0.15) is 10.4 Å². The highest BCUT2D eigenvalue weighted by Gasteiger charge is 2.32. The molecule has 0 radical (unpaired) electrons. The number of carbonyl (C=O) groups excluding carboxylic acids is 1. The van der Waals surface area contributed by atoms with Crippen LogP contribution in [0.25, 0.3) is 0 Å². The Hall–Kier alpha value is -2.93. The predicted molar refractivity (Wildman–Crippen MR) is 85.6 cm³/mol. The number of para-hydroxylation sites is 2. The minimum absolute atomic E-state index is 0.136. The van der Waals surface area contributed by atoms with Gasteiger partial charge in [-0.05, 0) is 18.2 Å². The molecule has 2 heterocycles. The fraction of sp³-hybridized carbons (Fsp3) is 0.235. The van der Waals surface area contributed by atoms with E-state index in [4.69, 9.17) is 9.47 Å². The second-order valence-corrected chi connectivity index (χ2v) is 5.83. The molecule has 0 aliphatic carbocycles. The second kappa shape index (κ2) is 5.61. The smallest absolute Gasteiger partial charge is 0.270 e. The van der Waals surface area contributed by atoms with Crippen molar-refractivity contribution in [1.82, 2.24) is 0 Å². The lowest BCUT2D eigenvalue weighted by Gasteiger charge is -2.32. The van der Waals surface area contributed by atoms with E-state index < -0.39 is 4.92 Å². The summed E-state index contributed by atoms with van der Waals surface area (Å²) >= 11 is 0. The Morgan fingerprint density at radius 2 is 1.96 bits per heavy atom. The van der Waals surface area contributed by atoms with Crippen LogP contribution in [0.3, 0.4) is 0 Å². The van der Waals surface area contributed by atoms with Crippen LogP contribution in [0.5, 0.6) is 11.5 Å². The molecule has 0 bridgehead atoms. The first kappa shape index (κ1) is 14.6. The van der Waals surface area contributed by atoms with Crippen molar-refractivity contribution in [2.45, 2.75) is 0 Å². The van der Waals surface area contributed by atoms with Crippen LogP contribution in [-0.4, -0.2) is 30.6 Å². The molecule has 24 heavy (non-hydrogen) atoms. The number of nitrogens with zero attached hydrogens (tertiary/aromatic N) is 2. The van der Waals surface area contributed by atoms with Crippen molar-refractivity contribution in [3.63, 3.8) is 0 Å². The van der Waals surface area contributed by atoms with Gasteiger partial charge in [0, 0.05) is 24.6 Å². The SMILES string of the molecule is O=C1c2cc([N+](=O)[O-])ccc2Oc2ccccc2N1CC1COC1. The lowest BCUT2D eigenvalue weighted by atomic mass is 10.1. The molecular weight excluding hydrogens is 312 g/mol. The van der Waals surface area contributed by atoms with Crippen LogP contribution in [0.15, 0.2) is 42.5 Å². The number of nitro groups is 1. The van der Waals surface area contributed by atoms with E-state index in [9.17, 15) is 14.9 Å². The Morgan fingerprint density at radius 1 is 1.17 bits per heavy atom. The van der Waals surface area contributed by atoms with Gasteiger partial charge in [-0.1, -0.05) is 12.1 Å². The average molecular weight is 326 g/mol. The van der Waals surface area contributed by atoms with E-state index in [0.717, 1.165) is 0 Å². The molecule has 122 valence electrons. The number of hydrogen-bond donors (Lipinski definition) is 0. The molecule has 4 rings (SSSR count). The maximum absolute atomic E-state index is 13.0. The van der Waals surface area contributed by atoms with Crippen LogP contribution in [-0.2, 0) is 4.74 Å². The lowest BCUT2D eigenvalue weighted by molar-refractivity contribution is -0.384. The Bertz CT molecular complexity index is 831. The largest absolute Gasteiger partial charge is 0.454 e. The maximum atomic E-state index is 13.0. The van der Waals surface area contributed by atoms with Crippen molar-refractivity contribution in [2.75, 3.05) is 24.7 Å². The Kier molecular flexibility index (Phi) is 3.42. The van der Waals surface area contributed by atoms with E-state index in [2.05, 4.69) is 0 Å². The molecular formula is C17H14N2O5. The molecule has 0 saturated carbocycles. The quantitative estimate of drug-likeness (QED) is 0.640. The van der Waals surface area contributed by atoms with Gasteiger partial charge in [0.15, 0.2) is 5.75 Å². The van der Waals surface area contributed by atoms with Crippen molar-refractivity contribution in [3.05, 3.63) is 58.1 Å². The fourth-order valence-electron chi connectivity index (χ4n) is 2.86. The number of benzene rings is 2. The standard InChI is InChI=1S/C17H14N2O5/c20-17-13-7-12(19(21)22)5-6-15(13)24-16-4-2-1-3-14(16)18(17)8-11-9-23-10-11/h1-7,11H,8-10H2. The molecule has 7 nitrogen and oxygen atoms in total. The van der Waals surface area contributed by atoms with Gasteiger partial charge in [-0.2, -0.15) is 0 Å². The Morgan fingerprint density at radius 3 is 2.67 bits per heavy atom. The van der Waals surface area contributed by atoms with Crippen molar-refractivity contribution in [3.8, 4) is 11.5 Å². The molecule has 0 spiro atoms. The number of nitro benzene ring substituents is 1. The summed E-state index contributed by atoms with van der Waals surface area (Å²) in [5.74, 6) is 0.830. The van der Waals surface area contributed by atoms with Gasteiger partial charge in [-0.3, -0.25) is 14.9 Å². The summed E-state index contributed by atoms with van der Waals surface area (Å²) in [6.07, 6.45) is 0. The number of rotatable bonds is 3. The van der Waals surface area contributed by atoms with E-state index in [1.807, 2.05) is 18.2 Å². The van der Waals surface area contributed by atoms with Gasteiger partial charge in [-0.15, -0.1) is 0 Å². The summed E-state index contributed by atoms with van der Waals surface area (Å²) in [6, 6.07) is 11.3. The number of carbonyl (C=O) groups is 1. The number of fused-ring (bicyclic) bond motifs is 2. The summed E-state index contributed by atoms with van der Waals surface area (Å²) in [5.41, 5.74) is 0.720. The van der Waals surface area contributed by atoms with Crippen molar-refractivity contribution in [2.24, 2.45) is 5.92 Å². The molecule has 0 atom stereocenters. The highest BCUT2D eigenvalue weighted by molar-refractivity contribution is 6.10. The summed E-state index contributed by atoms with van der Waals surface area (Å²) in [7, 11) is 0. The third-order valence-electron chi connectivity index (χ3n) is 4.17. The number of hydrogen-bond acceptors (Lipinski definition) is 5. The molecule has 1 amide bonds. The first-order valence-corrected chi connectivity index (χ1v) is 7.58. The third kappa shape index (κ3) is 2.39. The minimum atomic E-state index is -0.518. The summed E-state index contributed by atoms with van der Waals surface area (Å²) in [4.78, 5) is 25.2. The number of ether oxygens (including phenoxy) is 2. The van der Waals surface area contributed by atoms with Gasteiger partial charge in [0.1, 0.15) is 5.75 Å².